The van der Waals surface area contributed by atoms with E-state index >= 15 is 0 Å². The van der Waals surface area contributed by atoms with Gasteiger partial charge < -0.3 is 10.6 Å². The molecule has 1 fully saturated rings. The standard InChI is InChI=1S/C8H12N4/c9-7-3-2-6-12(7)8-4-1-5-10-11-8/h1,4-5,7H,2-3,6,9H2. The Bertz CT molecular complexity index is 248. The number of hydrogen-bond donors (Lipinski definition) is 1. The topological polar surface area (TPSA) is 55.0 Å². The lowest BCUT2D eigenvalue weighted by Crippen LogP contribution is -2.36. The first-order valence-electron chi connectivity index (χ1n) is 4.18. The Morgan fingerprint density at radius 1 is 1.58 bits per heavy atom. The van der Waals surface area contributed by atoms with Crippen LogP contribution in [0.2, 0.25) is 0 Å². The number of aromatic nitrogens is 2. The average molecular weight is 164 g/mol. The van der Waals surface area contributed by atoms with Gasteiger partial charge in [0, 0.05) is 12.7 Å². The molecule has 0 aliphatic carbocycles. The number of anilines is 1. The van der Waals surface area contributed by atoms with Crippen LogP contribution in [0, 0.1) is 0 Å². The first-order valence-corrected chi connectivity index (χ1v) is 4.18. The third kappa shape index (κ3) is 1.25. The van der Waals surface area contributed by atoms with Crippen LogP contribution in [0.5, 0.6) is 0 Å². The Kier molecular flexibility index (Phi) is 1.91. The lowest BCUT2D eigenvalue weighted by atomic mass is 10.3. The van der Waals surface area contributed by atoms with Crippen molar-refractivity contribution in [2.24, 2.45) is 5.73 Å². The maximum Gasteiger partial charge on any atom is 0.152 e. The zero-order valence-electron chi connectivity index (χ0n) is 6.85. The van der Waals surface area contributed by atoms with Crippen molar-refractivity contribution < 1.29 is 0 Å². The van der Waals surface area contributed by atoms with Gasteiger partial charge in [-0.05, 0) is 25.0 Å². The highest BCUT2D eigenvalue weighted by Crippen LogP contribution is 2.19. The molecule has 2 N–H and O–H groups in total. The molecule has 1 saturated heterocycles. The van der Waals surface area contributed by atoms with Gasteiger partial charge in [0.05, 0.1) is 6.17 Å². The van der Waals surface area contributed by atoms with Crippen LogP contribution in [0.3, 0.4) is 0 Å². The maximum atomic E-state index is 5.87. The SMILES string of the molecule is NC1CCCN1c1cccnn1. The predicted octanol–water partition coefficient (Wildman–Crippen LogP) is 0.362. The van der Waals surface area contributed by atoms with Gasteiger partial charge in [-0.1, -0.05) is 0 Å². The van der Waals surface area contributed by atoms with Crippen molar-refractivity contribution in [2.75, 3.05) is 11.4 Å². The van der Waals surface area contributed by atoms with E-state index in [1.807, 2.05) is 12.1 Å². The van der Waals surface area contributed by atoms with Crippen LogP contribution in [0.4, 0.5) is 5.82 Å². The van der Waals surface area contributed by atoms with E-state index in [2.05, 4.69) is 15.1 Å². The summed E-state index contributed by atoms with van der Waals surface area (Å²) in [4.78, 5) is 2.09. The Balaban J connectivity index is 2.19. The fourth-order valence-electron chi connectivity index (χ4n) is 1.52. The maximum absolute atomic E-state index is 5.87. The normalized spacial score (nSPS) is 23.1. The molecule has 1 atom stereocenters. The fraction of sp³-hybridized carbons (Fsp3) is 0.500. The van der Waals surface area contributed by atoms with E-state index in [0.717, 1.165) is 25.2 Å². The summed E-state index contributed by atoms with van der Waals surface area (Å²) in [6.07, 6.45) is 4.00. The molecule has 4 nitrogen and oxygen atoms in total. The van der Waals surface area contributed by atoms with Crippen molar-refractivity contribution in [2.45, 2.75) is 19.0 Å². The Hall–Kier alpha value is -1.16. The van der Waals surface area contributed by atoms with Gasteiger partial charge in [-0.25, -0.2) is 0 Å². The first kappa shape index (κ1) is 7.49. The van der Waals surface area contributed by atoms with Gasteiger partial charge in [-0.3, -0.25) is 0 Å². The molecule has 4 heteroatoms. The summed E-state index contributed by atoms with van der Waals surface area (Å²) < 4.78 is 0. The summed E-state index contributed by atoms with van der Waals surface area (Å²) in [5.41, 5.74) is 5.87. The van der Waals surface area contributed by atoms with Crippen molar-refractivity contribution in [1.82, 2.24) is 10.2 Å². The van der Waals surface area contributed by atoms with Crippen LogP contribution in [0.25, 0.3) is 0 Å². The number of rotatable bonds is 1. The largest absolute Gasteiger partial charge is 0.340 e. The van der Waals surface area contributed by atoms with Gasteiger partial charge in [-0.15, -0.1) is 5.10 Å². The van der Waals surface area contributed by atoms with Gasteiger partial charge in [0.25, 0.3) is 0 Å². The smallest absolute Gasteiger partial charge is 0.152 e. The van der Waals surface area contributed by atoms with Crippen molar-refractivity contribution >= 4 is 5.82 Å². The van der Waals surface area contributed by atoms with Gasteiger partial charge in [-0.2, -0.15) is 5.10 Å². The summed E-state index contributed by atoms with van der Waals surface area (Å²) in [6.45, 7) is 1.000. The number of hydrogen-bond acceptors (Lipinski definition) is 4. The molecule has 0 bridgehead atoms. The van der Waals surface area contributed by atoms with Crippen LogP contribution in [-0.2, 0) is 0 Å². The highest BCUT2D eigenvalue weighted by Gasteiger charge is 2.21. The molecule has 0 radical (unpaired) electrons. The summed E-state index contributed by atoms with van der Waals surface area (Å²) in [6, 6.07) is 3.82. The van der Waals surface area contributed by atoms with E-state index in [4.69, 9.17) is 5.73 Å². The first-order chi connectivity index (χ1) is 5.88. The highest BCUT2D eigenvalue weighted by molar-refractivity contribution is 5.38. The zero-order valence-corrected chi connectivity index (χ0v) is 6.85. The van der Waals surface area contributed by atoms with E-state index in [9.17, 15) is 0 Å². The number of nitrogens with two attached hydrogens (primary N) is 1. The van der Waals surface area contributed by atoms with Gasteiger partial charge >= 0.3 is 0 Å². The molecule has 1 aliphatic rings. The lowest BCUT2D eigenvalue weighted by Gasteiger charge is -2.20. The second-order valence-electron chi connectivity index (χ2n) is 2.98. The minimum atomic E-state index is 0.127. The van der Waals surface area contributed by atoms with Crippen molar-refractivity contribution in [1.29, 1.82) is 0 Å². The van der Waals surface area contributed by atoms with E-state index in [1.54, 1.807) is 6.20 Å². The zero-order chi connectivity index (χ0) is 8.39. The summed E-state index contributed by atoms with van der Waals surface area (Å²) in [5, 5.41) is 7.82. The third-order valence-electron chi connectivity index (χ3n) is 2.15. The molecule has 1 aromatic rings. The van der Waals surface area contributed by atoms with Gasteiger partial charge in [0.2, 0.25) is 0 Å². The minimum Gasteiger partial charge on any atom is -0.340 e. The monoisotopic (exact) mass is 164 g/mol. The molecular formula is C8H12N4. The molecule has 2 rings (SSSR count). The quantitative estimate of drug-likeness (QED) is 0.651. The predicted molar refractivity (Wildman–Crippen MR) is 46.6 cm³/mol. The van der Waals surface area contributed by atoms with Crippen LogP contribution in [0.1, 0.15) is 12.8 Å². The molecule has 12 heavy (non-hydrogen) atoms. The molecule has 1 aromatic heterocycles. The van der Waals surface area contributed by atoms with E-state index in [0.29, 0.717) is 0 Å². The molecule has 0 spiro atoms. The summed E-state index contributed by atoms with van der Waals surface area (Å²) >= 11 is 0. The summed E-state index contributed by atoms with van der Waals surface area (Å²) in [5.74, 6) is 0.891. The Morgan fingerprint density at radius 3 is 3.08 bits per heavy atom. The van der Waals surface area contributed by atoms with Crippen LogP contribution < -0.4 is 10.6 Å². The van der Waals surface area contributed by atoms with E-state index < -0.39 is 0 Å². The fourth-order valence-corrected chi connectivity index (χ4v) is 1.52. The molecule has 2 heterocycles. The van der Waals surface area contributed by atoms with Gasteiger partial charge in [0.1, 0.15) is 0 Å². The third-order valence-corrected chi connectivity index (χ3v) is 2.15. The van der Waals surface area contributed by atoms with Gasteiger partial charge in [0.15, 0.2) is 5.82 Å². The molecule has 1 unspecified atom stereocenters. The molecule has 64 valence electrons. The van der Waals surface area contributed by atoms with Crippen molar-refractivity contribution in [3.8, 4) is 0 Å². The second kappa shape index (κ2) is 3.06. The van der Waals surface area contributed by atoms with Crippen LogP contribution >= 0.6 is 0 Å². The second-order valence-corrected chi connectivity index (χ2v) is 2.98. The van der Waals surface area contributed by atoms with Crippen LogP contribution in [0.15, 0.2) is 18.3 Å². The minimum absolute atomic E-state index is 0.127. The molecule has 1 aliphatic heterocycles. The van der Waals surface area contributed by atoms with Crippen LogP contribution in [-0.4, -0.2) is 22.9 Å². The van der Waals surface area contributed by atoms with Crippen molar-refractivity contribution in [3.63, 3.8) is 0 Å². The average Bonchev–Trinajstić information content (AvgIpc) is 2.53. The number of nitrogens with zero attached hydrogens (tertiary/aromatic N) is 3. The van der Waals surface area contributed by atoms with E-state index in [1.165, 1.54) is 0 Å². The molecule has 0 aromatic carbocycles. The highest BCUT2D eigenvalue weighted by atomic mass is 15.3. The molecule has 0 amide bonds. The molecule has 0 saturated carbocycles. The van der Waals surface area contributed by atoms with Crippen molar-refractivity contribution in [3.05, 3.63) is 18.3 Å². The Labute approximate surface area is 71.4 Å². The lowest BCUT2D eigenvalue weighted by molar-refractivity contribution is 0.689. The molecular weight excluding hydrogens is 152 g/mol. The summed E-state index contributed by atoms with van der Waals surface area (Å²) in [7, 11) is 0. The Morgan fingerprint density at radius 2 is 2.50 bits per heavy atom. The van der Waals surface area contributed by atoms with E-state index in [-0.39, 0.29) is 6.17 Å².